The zero-order valence-corrected chi connectivity index (χ0v) is 12.9. The second-order valence-electron chi connectivity index (χ2n) is 5.17. The second-order valence-corrected chi connectivity index (χ2v) is 6.33. The van der Waals surface area contributed by atoms with Crippen LogP contribution in [0.1, 0.15) is 17.2 Å². The van der Waals surface area contributed by atoms with Crippen molar-refractivity contribution < 1.29 is 0 Å². The smallest absolute Gasteiger partial charge is 0.146 e. The van der Waals surface area contributed by atoms with Crippen LogP contribution >= 0.6 is 22.6 Å². The summed E-state index contributed by atoms with van der Waals surface area (Å²) in [4.78, 5) is 8.53. The molecule has 20 heavy (non-hydrogen) atoms. The molecule has 3 aromatic rings. The van der Waals surface area contributed by atoms with Crippen molar-refractivity contribution in [1.29, 1.82) is 0 Å². The van der Waals surface area contributed by atoms with Gasteiger partial charge in [0.2, 0.25) is 0 Å². The van der Waals surface area contributed by atoms with E-state index in [2.05, 4.69) is 67.6 Å². The standard InChI is InChI=1S/C15H13IN4/c16-12-7-20(15-13(12)14(17)18-8-19-15)11-5-9-3-1-2-4-10(9)6-11/h1-4,7-8,11H,5-6H2,(H2,17,18,19). The molecule has 100 valence electrons. The maximum atomic E-state index is 5.98. The topological polar surface area (TPSA) is 56.7 Å². The van der Waals surface area contributed by atoms with Gasteiger partial charge in [0.15, 0.2) is 0 Å². The van der Waals surface area contributed by atoms with Crippen LogP contribution in [0.2, 0.25) is 0 Å². The van der Waals surface area contributed by atoms with E-state index in [0.29, 0.717) is 11.9 Å². The van der Waals surface area contributed by atoms with Crippen LogP contribution in [0.3, 0.4) is 0 Å². The van der Waals surface area contributed by atoms with E-state index >= 15 is 0 Å². The summed E-state index contributed by atoms with van der Waals surface area (Å²) in [5.41, 5.74) is 9.81. The first-order valence-electron chi connectivity index (χ1n) is 6.57. The lowest BCUT2D eigenvalue weighted by Crippen LogP contribution is -2.08. The van der Waals surface area contributed by atoms with E-state index in [9.17, 15) is 0 Å². The van der Waals surface area contributed by atoms with Gasteiger partial charge in [-0.15, -0.1) is 0 Å². The van der Waals surface area contributed by atoms with Crippen molar-refractivity contribution in [3.8, 4) is 0 Å². The van der Waals surface area contributed by atoms with Gasteiger partial charge in [-0.1, -0.05) is 24.3 Å². The lowest BCUT2D eigenvalue weighted by atomic mass is 10.1. The van der Waals surface area contributed by atoms with Crippen LogP contribution in [-0.2, 0) is 12.8 Å². The third-order valence-electron chi connectivity index (χ3n) is 4.02. The summed E-state index contributed by atoms with van der Waals surface area (Å²) in [5.74, 6) is 0.564. The van der Waals surface area contributed by atoms with Crippen molar-refractivity contribution >= 4 is 39.4 Å². The van der Waals surface area contributed by atoms with Gasteiger partial charge in [-0.05, 0) is 46.6 Å². The van der Waals surface area contributed by atoms with Crippen molar-refractivity contribution in [1.82, 2.24) is 14.5 Å². The molecule has 0 unspecified atom stereocenters. The van der Waals surface area contributed by atoms with Crippen molar-refractivity contribution in [2.75, 3.05) is 5.73 Å². The average Bonchev–Trinajstić information content (AvgIpc) is 3.00. The Balaban J connectivity index is 1.84. The SMILES string of the molecule is Nc1ncnc2c1c(I)cn2C1Cc2ccccc2C1. The fourth-order valence-corrected chi connectivity index (χ4v) is 3.89. The molecule has 2 aromatic heterocycles. The first-order valence-corrected chi connectivity index (χ1v) is 7.65. The number of rotatable bonds is 1. The normalized spacial score (nSPS) is 14.8. The Bertz CT molecular complexity index is 784. The van der Waals surface area contributed by atoms with E-state index in [4.69, 9.17) is 5.73 Å². The zero-order chi connectivity index (χ0) is 13.7. The Morgan fingerprint density at radius 3 is 2.55 bits per heavy atom. The Kier molecular flexibility index (Phi) is 2.70. The number of aromatic nitrogens is 3. The molecule has 0 saturated carbocycles. The lowest BCUT2D eigenvalue weighted by molar-refractivity contribution is 0.542. The highest BCUT2D eigenvalue weighted by Gasteiger charge is 2.25. The number of fused-ring (bicyclic) bond motifs is 2. The maximum Gasteiger partial charge on any atom is 0.146 e. The predicted octanol–water partition coefficient (Wildman–Crippen LogP) is 2.96. The van der Waals surface area contributed by atoms with Crippen molar-refractivity contribution in [2.24, 2.45) is 0 Å². The highest BCUT2D eigenvalue weighted by Crippen LogP contribution is 2.34. The van der Waals surface area contributed by atoms with Crippen LogP contribution in [0, 0.1) is 3.57 Å². The Hall–Kier alpha value is -1.63. The predicted molar refractivity (Wildman–Crippen MR) is 87.5 cm³/mol. The molecule has 0 radical (unpaired) electrons. The Morgan fingerprint density at radius 2 is 1.85 bits per heavy atom. The summed E-state index contributed by atoms with van der Waals surface area (Å²) in [5, 5.41) is 0.976. The fourth-order valence-electron chi connectivity index (χ4n) is 3.07. The van der Waals surface area contributed by atoms with Crippen LogP contribution in [0.15, 0.2) is 36.8 Å². The van der Waals surface area contributed by atoms with Gasteiger partial charge >= 0.3 is 0 Å². The molecule has 0 spiro atoms. The molecule has 1 aromatic carbocycles. The molecule has 4 nitrogen and oxygen atoms in total. The lowest BCUT2D eigenvalue weighted by Gasteiger charge is -2.12. The number of benzene rings is 1. The number of nitrogens with zero attached hydrogens (tertiary/aromatic N) is 3. The largest absolute Gasteiger partial charge is 0.383 e. The molecule has 1 aliphatic carbocycles. The molecule has 0 fully saturated rings. The van der Waals surface area contributed by atoms with Crippen LogP contribution < -0.4 is 5.73 Å². The molecule has 1 aliphatic rings. The monoisotopic (exact) mass is 376 g/mol. The van der Waals surface area contributed by atoms with Crippen LogP contribution in [0.25, 0.3) is 11.0 Å². The van der Waals surface area contributed by atoms with E-state index in [-0.39, 0.29) is 0 Å². The quantitative estimate of drug-likeness (QED) is 0.665. The first-order chi connectivity index (χ1) is 9.74. The highest BCUT2D eigenvalue weighted by molar-refractivity contribution is 14.1. The fraction of sp³-hybridized carbons (Fsp3) is 0.200. The van der Waals surface area contributed by atoms with Crippen LogP contribution in [-0.4, -0.2) is 14.5 Å². The summed E-state index contributed by atoms with van der Waals surface area (Å²) in [6, 6.07) is 9.08. The number of nitrogens with two attached hydrogens (primary N) is 1. The molecule has 2 N–H and O–H groups in total. The van der Waals surface area contributed by atoms with Gasteiger partial charge in [0.05, 0.1) is 5.39 Å². The number of anilines is 1. The van der Waals surface area contributed by atoms with Crippen molar-refractivity contribution in [3.63, 3.8) is 0 Å². The number of halogens is 1. The van der Waals surface area contributed by atoms with E-state index in [1.807, 2.05) is 0 Å². The maximum absolute atomic E-state index is 5.98. The Morgan fingerprint density at radius 1 is 1.15 bits per heavy atom. The minimum Gasteiger partial charge on any atom is -0.383 e. The van der Waals surface area contributed by atoms with Crippen LogP contribution in [0.4, 0.5) is 5.82 Å². The van der Waals surface area contributed by atoms with Gasteiger partial charge in [0, 0.05) is 15.8 Å². The highest BCUT2D eigenvalue weighted by atomic mass is 127. The third-order valence-corrected chi connectivity index (χ3v) is 4.83. The molecule has 4 rings (SSSR count). The molecular weight excluding hydrogens is 363 g/mol. The third kappa shape index (κ3) is 1.72. The summed E-state index contributed by atoms with van der Waals surface area (Å²) in [7, 11) is 0. The van der Waals surface area contributed by atoms with Gasteiger partial charge in [0.25, 0.3) is 0 Å². The average molecular weight is 376 g/mol. The number of hydrogen-bond acceptors (Lipinski definition) is 3. The van der Waals surface area contributed by atoms with Crippen LogP contribution in [0.5, 0.6) is 0 Å². The molecule has 0 saturated heterocycles. The van der Waals surface area contributed by atoms with Crippen molar-refractivity contribution in [2.45, 2.75) is 18.9 Å². The molecular formula is C15H13IN4. The van der Waals surface area contributed by atoms with Crippen molar-refractivity contribution in [3.05, 3.63) is 51.5 Å². The molecule has 2 heterocycles. The molecule has 0 bridgehead atoms. The van der Waals surface area contributed by atoms with Gasteiger partial charge in [-0.25, -0.2) is 9.97 Å². The summed E-state index contributed by atoms with van der Waals surface area (Å²) < 4.78 is 3.38. The van der Waals surface area contributed by atoms with E-state index in [0.717, 1.165) is 27.4 Å². The minimum atomic E-state index is 0.424. The molecule has 0 aliphatic heterocycles. The summed E-state index contributed by atoms with van der Waals surface area (Å²) in [6.45, 7) is 0. The van der Waals surface area contributed by atoms with E-state index < -0.39 is 0 Å². The minimum absolute atomic E-state index is 0.424. The van der Waals surface area contributed by atoms with Gasteiger partial charge in [-0.3, -0.25) is 0 Å². The summed E-state index contributed by atoms with van der Waals surface area (Å²) in [6.07, 6.45) is 5.80. The second kappa shape index (κ2) is 4.44. The van der Waals surface area contributed by atoms with Gasteiger partial charge < -0.3 is 10.3 Å². The first kappa shape index (κ1) is 12.1. The van der Waals surface area contributed by atoms with Gasteiger partial charge in [-0.2, -0.15) is 0 Å². The number of hydrogen-bond donors (Lipinski definition) is 1. The number of nitrogen functional groups attached to an aromatic ring is 1. The summed E-state index contributed by atoms with van der Waals surface area (Å²) >= 11 is 2.31. The zero-order valence-electron chi connectivity index (χ0n) is 10.8. The van der Waals surface area contributed by atoms with E-state index in [1.165, 1.54) is 11.1 Å². The Labute approximate surface area is 130 Å². The van der Waals surface area contributed by atoms with Gasteiger partial charge in [0.1, 0.15) is 17.8 Å². The molecule has 0 atom stereocenters. The molecule has 0 amide bonds. The molecule has 5 heteroatoms. The van der Waals surface area contributed by atoms with E-state index in [1.54, 1.807) is 6.33 Å².